The lowest BCUT2D eigenvalue weighted by atomic mass is 9.76. The number of hydrogen-bond acceptors (Lipinski definition) is 8. The summed E-state index contributed by atoms with van der Waals surface area (Å²) in [5.41, 5.74) is 1.86. The maximum Gasteiger partial charge on any atom is 0.446 e. The number of pyridine rings is 1. The second-order valence-electron chi connectivity index (χ2n) is 11.8. The van der Waals surface area contributed by atoms with Gasteiger partial charge in [-0.25, -0.2) is 17.9 Å². The highest BCUT2D eigenvalue weighted by atomic mass is 35.5. The Morgan fingerprint density at radius 2 is 1.76 bits per heavy atom. The number of carbonyl (C=O) groups excluding carboxylic acids is 3. The summed E-state index contributed by atoms with van der Waals surface area (Å²) in [6, 6.07) is 13.0. The summed E-state index contributed by atoms with van der Waals surface area (Å²) in [4.78, 5) is 54.0. The van der Waals surface area contributed by atoms with Crippen LogP contribution < -0.4 is 14.8 Å². The molecule has 1 aliphatic carbocycles. The number of amides is 2. The Balaban J connectivity index is 0.000000894. The number of sulfonamides is 1. The smallest absolute Gasteiger partial charge is 0.446 e. The molecule has 1 fully saturated rings. The molecule has 2 aliphatic rings. The number of aldehydes is 1. The van der Waals surface area contributed by atoms with Crippen molar-refractivity contribution in [2.75, 3.05) is 12.9 Å². The highest BCUT2D eigenvalue weighted by Crippen LogP contribution is 2.48. The fraction of sp³-hybridized carbons (Fsp3) is 0.364. The normalized spacial score (nSPS) is 20.4. The molecule has 51 heavy (non-hydrogen) atoms. The first-order chi connectivity index (χ1) is 24.0. The zero-order chi connectivity index (χ0) is 37.5. The van der Waals surface area contributed by atoms with Crippen LogP contribution in [0.4, 0.5) is 13.2 Å². The van der Waals surface area contributed by atoms with E-state index in [1.807, 2.05) is 0 Å². The maximum atomic E-state index is 14.4. The summed E-state index contributed by atoms with van der Waals surface area (Å²) in [7, 11) is -3.61. The summed E-state index contributed by atoms with van der Waals surface area (Å²) in [5.74, 6) is -2.49. The number of ether oxygens (including phenoxy) is 1. The Labute approximate surface area is 301 Å². The molecule has 2 aromatic carbocycles. The first-order valence-electron chi connectivity index (χ1n) is 15.4. The third-order valence-corrected chi connectivity index (χ3v) is 9.42. The summed E-state index contributed by atoms with van der Waals surface area (Å²) in [6.07, 6.45) is -0.632. The van der Waals surface area contributed by atoms with E-state index in [9.17, 15) is 36.0 Å². The van der Waals surface area contributed by atoms with Gasteiger partial charge in [-0.3, -0.25) is 19.4 Å². The molecule has 4 atom stereocenters. The van der Waals surface area contributed by atoms with Crippen molar-refractivity contribution in [3.05, 3.63) is 93.2 Å². The number of carboxylic acids is 1. The minimum absolute atomic E-state index is 0.0351. The molecule has 5 rings (SSSR count). The number of nitrogens with zero attached hydrogens (tertiary/aromatic N) is 2. The van der Waals surface area contributed by atoms with Gasteiger partial charge in [-0.1, -0.05) is 60.3 Å². The van der Waals surface area contributed by atoms with Crippen molar-refractivity contribution in [1.29, 1.82) is 0 Å². The average Bonchev–Trinajstić information content (AvgIpc) is 3.06. The van der Waals surface area contributed by atoms with Gasteiger partial charge in [0.1, 0.15) is 5.75 Å². The number of hydrogen-bond donors (Lipinski definition) is 3. The van der Waals surface area contributed by atoms with Crippen molar-refractivity contribution in [2.45, 2.75) is 62.4 Å². The van der Waals surface area contributed by atoms with Crippen molar-refractivity contribution in [2.24, 2.45) is 0 Å². The van der Waals surface area contributed by atoms with Crippen LogP contribution in [0.1, 0.15) is 64.8 Å². The van der Waals surface area contributed by atoms with E-state index >= 15 is 0 Å². The van der Waals surface area contributed by atoms with E-state index in [1.165, 1.54) is 6.20 Å². The lowest BCUT2D eigenvalue weighted by Crippen LogP contribution is -2.59. The van der Waals surface area contributed by atoms with Gasteiger partial charge >= 0.3 is 12.1 Å². The van der Waals surface area contributed by atoms with E-state index in [4.69, 9.17) is 37.8 Å². The van der Waals surface area contributed by atoms with E-state index in [-0.39, 0.29) is 23.2 Å². The Morgan fingerprint density at radius 1 is 1.08 bits per heavy atom. The molecule has 3 N–H and O–H groups in total. The Kier molecular flexibility index (Phi) is 13.1. The molecule has 0 unspecified atom stereocenters. The molecular formula is C33H33Cl2F3N4O8S. The Bertz CT molecular complexity index is 1870. The SMILES string of the molecule is CS(=O)(=O)N[C@H]1CCCC[C@@H]1N1C(=O)c2ccccc2[C@@H](C(=O)NCc2ccc(OCC(=O)O)cn2)[C@@H]1c1ccc(Cl)cc1Cl.O=CC(F)(F)F. The first kappa shape index (κ1) is 39.5. The molecule has 2 amide bonds. The van der Waals surface area contributed by atoms with Crippen LogP contribution in [0, 0.1) is 0 Å². The third-order valence-electron chi connectivity index (χ3n) is 8.13. The highest BCUT2D eigenvalue weighted by Gasteiger charge is 2.49. The van der Waals surface area contributed by atoms with Crippen LogP contribution in [-0.2, 0) is 31.0 Å². The van der Waals surface area contributed by atoms with Crippen molar-refractivity contribution in [3.63, 3.8) is 0 Å². The van der Waals surface area contributed by atoms with E-state index in [1.54, 1.807) is 59.5 Å². The molecule has 18 heteroatoms. The number of aromatic nitrogens is 1. The molecule has 3 aromatic rings. The molecule has 1 aliphatic heterocycles. The second kappa shape index (κ2) is 16.8. The van der Waals surface area contributed by atoms with Gasteiger partial charge in [0.05, 0.1) is 36.7 Å². The highest BCUT2D eigenvalue weighted by molar-refractivity contribution is 7.88. The van der Waals surface area contributed by atoms with Crippen molar-refractivity contribution in [3.8, 4) is 5.75 Å². The Morgan fingerprint density at radius 3 is 2.37 bits per heavy atom. The van der Waals surface area contributed by atoms with Gasteiger partial charge in [-0.15, -0.1) is 0 Å². The van der Waals surface area contributed by atoms with Gasteiger partial charge < -0.3 is 20.1 Å². The van der Waals surface area contributed by atoms with Crippen LogP contribution in [0.2, 0.25) is 10.0 Å². The van der Waals surface area contributed by atoms with Crippen LogP contribution in [0.5, 0.6) is 5.75 Å². The maximum absolute atomic E-state index is 14.4. The quantitative estimate of drug-likeness (QED) is 0.238. The lowest BCUT2D eigenvalue weighted by molar-refractivity contribution is -0.156. The van der Waals surface area contributed by atoms with Crippen molar-refractivity contribution < 1.29 is 50.6 Å². The number of halogens is 5. The monoisotopic (exact) mass is 772 g/mol. The second-order valence-corrected chi connectivity index (χ2v) is 14.4. The van der Waals surface area contributed by atoms with Crippen molar-refractivity contribution in [1.82, 2.24) is 19.9 Å². The third kappa shape index (κ3) is 10.6. The average molecular weight is 774 g/mol. The van der Waals surface area contributed by atoms with Gasteiger partial charge in [-0.2, -0.15) is 13.2 Å². The number of rotatable bonds is 10. The van der Waals surface area contributed by atoms with Gasteiger partial charge in [0.15, 0.2) is 6.61 Å². The number of carbonyl (C=O) groups is 4. The summed E-state index contributed by atoms with van der Waals surface area (Å²) >= 11 is 13.0. The van der Waals surface area contributed by atoms with E-state index in [0.29, 0.717) is 40.2 Å². The molecule has 0 saturated heterocycles. The first-order valence-corrected chi connectivity index (χ1v) is 18.1. The van der Waals surface area contributed by atoms with Crippen LogP contribution in [0.25, 0.3) is 0 Å². The van der Waals surface area contributed by atoms with E-state index in [0.717, 1.165) is 19.1 Å². The molecule has 0 bridgehead atoms. The van der Waals surface area contributed by atoms with Crippen LogP contribution in [-0.4, -0.2) is 78.6 Å². The molecule has 1 aromatic heterocycles. The molecule has 0 radical (unpaired) electrons. The zero-order valence-corrected chi connectivity index (χ0v) is 29.2. The molecule has 274 valence electrons. The predicted molar refractivity (Wildman–Crippen MR) is 180 cm³/mol. The lowest BCUT2D eigenvalue weighted by Gasteiger charge is -2.49. The number of carboxylic acid groups (broad SMARTS) is 1. The van der Waals surface area contributed by atoms with E-state index < -0.39 is 65.0 Å². The number of fused-ring (bicyclic) bond motifs is 1. The molecule has 0 spiro atoms. The predicted octanol–water partition coefficient (Wildman–Crippen LogP) is 5.06. The zero-order valence-electron chi connectivity index (χ0n) is 26.9. The van der Waals surface area contributed by atoms with Crippen molar-refractivity contribution >= 4 is 57.3 Å². The largest absolute Gasteiger partial charge is 0.480 e. The van der Waals surface area contributed by atoms with Crippen LogP contribution >= 0.6 is 23.2 Å². The van der Waals surface area contributed by atoms with E-state index in [2.05, 4.69) is 15.0 Å². The molecule has 2 heterocycles. The Hall–Kier alpha value is -4.25. The van der Waals surface area contributed by atoms with Gasteiger partial charge in [0, 0.05) is 27.7 Å². The van der Waals surface area contributed by atoms with Crippen LogP contribution in [0.3, 0.4) is 0 Å². The van der Waals surface area contributed by atoms with Gasteiger partial charge in [-0.05, 0) is 54.3 Å². The summed E-state index contributed by atoms with van der Waals surface area (Å²) in [6.45, 7) is -0.475. The number of benzene rings is 2. The van der Waals surface area contributed by atoms with Gasteiger partial charge in [0.2, 0.25) is 22.2 Å². The summed E-state index contributed by atoms with van der Waals surface area (Å²) < 4.78 is 63.9. The number of nitrogens with one attached hydrogen (secondary N) is 2. The summed E-state index contributed by atoms with van der Waals surface area (Å²) in [5, 5.41) is 12.4. The minimum atomic E-state index is -4.64. The standard InChI is InChI=1S/C31H32Cl2N4O7S.C2HF3O/c1-45(42,43)36-25-8-4-5-9-26(25)37-29(23-13-10-18(32)14-24(23)33)28(21-6-2-3-7-22(21)31(37)41)30(40)35-15-19-11-12-20(16-34-19)44-17-27(38)39;3-2(4,5)1-6/h2-3,6-7,10-14,16,25-26,28-29,36H,4-5,8-9,15,17H2,1H3,(H,35,40)(H,38,39);1H/t25-,26-,28+,29-;/m0./s1. The molecule has 12 nitrogen and oxygen atoms in total. The molecule has 1 saturated carbocycles. The molecular weight excluding hydrogens is 740 g/mol. The number of aliphatic carboxylic acids is 1. The number of alkyl halides is 3. The fourth-order valence-corrected chi connectivity index (χ4v) is 7.51. The fourth-order valence-electron chi connectivity index (χ4n) is 6.16. The topological polar surface area (TPSA) is 172 Å². The van der Waals surface area contributed by atoms with Crippen LogP contribution in [0.15, 0.2) is 60.8 Å². The minimum Gasteiger partial charge on any atom is -0.480 e. The van der Waals surface area contributed by atoms with Gasteiger partial charge in [0.25, 0.3) is 5.91 Å².